The van der Waals surface area contributed by atoms with E-state index in [9.17, 15) is 0 Å². The van der Waals surface area contributed by atoms with E-state index in [4.69, 9.17) is 5.26 Å². The van der Waals surface area contributed by atoms with E-state index in [0.29, 0.717) is 0 Å². The molecule has 2 aliphatic rings. The van der Waals surface area contributed by atoms with Gasteiger partial charge in [0.25, 0.3) is 0 Å². The zero-order valence-electron chi connectivity index (χ0n) is 21.2. The Bertz CT molecular complexity index is 734. The second kappa shape index (κ2) is 15.2. The molecule has 33 heavy (non-hydrogen) atoms. The lowest BCUT2D eigenvalue weighted by Gasteiger charge is -2.29. The van der Waals surface area contributed by atoms with Gasteiger partial charge in [-0.05, 0) is 112 Å². The van der Waals surface area contributed by atoms with Gasteiger partial charge in [0.05, 0.1) is 6.07 Å². The largest absolute Gasteiger partial charge is 0.193 e. The highest BCUT2D eigenvalue weighted by atomic mass is 14.3. The summed E-state index contributed by atoms with van der Waals surface area (Å²) in [6.45, 7) is 2.29. The van der Waals surface area contributed by atoms with Crippen molar-refractivity contribution in [2.24, 2.45) is 17.8 Å². The van der Waals surface area contributed by atoms with Crippen molar-refractivity contribution >= 4 is 0 Å². The Balaban J connectivity index is 1.32. The summed E-state index contributed by atoms with van der Waals surface area (Å²) in [6, 6.07) is 11.8. The van der Waals surface area contributed by atoms with Crippen LogP contribution >= 0.6 is 0 Å². The maximum Gasteiger partial charge on any atom is 0.0908 e. The summed E-state index contributed by atoms with van der Waals surface area (Å²) in [5.74, 6) is 3.26. The van der Waals surface area contributed by atoms with Gasteiger partial charge in [0.15, 0.2) is 0 Å². The molecule has 0 aromatic heterocycles. The van der Waals surface area contributed by atoms with E-state index in [1.165, 1.54) is 102 Å². The topological polar surface area (TPSA) is 23.8 Å². The molecular formula is C32H47N. The second-order valence-electron chi connectivity index (χ2n) is 10.8. The highest BCUT2D eigenvalue weighted by Gasteiger charge is 2.22. The molecule has 1 nitrogen and oxygen atoms in total. The molecule has 0 heterocycles. The number of hydrogen-bond donors (Lipinski definition) is 0. The molecule has 2 aliphatic carbocycles. The number of benzene rings is 1. The lowest BCUT2D eigenvalue weighted by atomic mass is 9.76. The van der Waals surface area contributed by atoms with Crippen LogP contribution in [0.3, 0.4) is 0 Å². The first-order valence-electron chi connectivity index (χ1n) is 14.1. The van der Waals surface area contributed by atoms with Gasteiger partial charge < -0.3 is 0 Å². The zero-order chi connectivity index (χ0) is 23.1. The molecule has 1 aromatic carbocycles. The quantitative estimate of drug-likeness (QED) is 0.178. The summed E-state index contributed by atoms with van der Waals surface area (Å²) in [4.78, 5) is 0. The molecule has 0 radical (unpaired) electrons. The van der Waals surface area contributed by atoms with Crippen LogP contribution < -0.4 is 0 Å². The molecule has 0 spiro atoms. The Labute approximate surface area is 204 Å². The predicted octanol–water partition coefficient (Wildman–Crippen LogP) is 9.70. The van der Waals surface area contributed by atoms with Gasteiger partial charge in [-0.2, -0.15) is 5.26 Å². The highest BCUT2D eigenvalue weighted by molar-refractivity contribution is 5.26. The SMILES string of the molecule is CCCCCCCc1ccc(C2CCC(C=CC3CCC(CCC=CC#N)CC3)CC2)cc1. The molecule has 0 aliphatic heterocycles. The van der Waals surface area contributed by atoms with Crippen molar-refractivity contribution in [3.05, 3.63) is 59.7 Å². The van der Waals surface area contributed by atoms with Crippen LogP contribution in [0.5, 0.6) is 0 Å². The molecule has 2 fully saturated rings. The van der Waals surface area contributed by atoms with Crippen molar-refractivity contribution in [3.63, 3.8) is 0 Å². The van der Waals surface area contributed by atoms with E-state index in [1.54, 1.807) is 11.6 Å². The number of nitriles is 1. The minimum absolute atomic E-state index is 0.777. The lowest BCUT2D eigenvalue weighted by molar-refractivity contribution is 0.295. The van der Waals surface area contributed by atoms with Crippen molar-refractivity contribution in [2.45, 2.75) is 116 Å². The Morgan fingerprint density at radius 1 is 0.818 bits per heavy atom. The van der Waals surface area contributed by atoms with E-state index in [2.05, 4.69) is 49.4 Å². The Hall–Kier alpha value is -1.81. The summed E-state index contributed by atoms with van der Waals surface area (Å²) in [5, 5.41) is 8.59. The number of nitrogens with zero attached hydrogens (tertiary/aromatic N) is 1. The lowest BCUT2D eigenvalue weighted by Crippen LogP contribution is -2.14. The summed E-state index contributed by atoms with van der Waals surface area (Å²) in [7, 11) is 0. The molecule has 3 rings (SSSR count). The number of unbranched alkanes of at least 4 members (excludes halogenated alkanes) is 4. The van der Waals surface area contributed by atoms with Crippen LogP contribution in [-0.4, -0.2) is 0 Å². The fraction of sp³-hybridized carbons (Fsp3) is 0.656. The third-order valence-corrected chi connectivity index (χ3v) is 8.27. The smallest absolute Gasteiger partial charge is 0.0908 e. The first kappa shape index (κ1) is 25.8. The van der Waals surface area contributed by atoms with Gasteiger partial charge in [0, 0.05) is 6.08 Å². The van der Waals surface area contributed by atoms with Crippen molar-refractivity contribution in [1.29, 1.82) is 5.26 Å². The third kappa shape index (κ3) is 9.52. The van der Waals surface area contributed by atoms with Crippen molar-refractivity contribution in [3.8, 4) is 6.07 Å². The maximum atomic E-state index is 8.59. The van der Waals surface area contributed by atoms with Gasteiger partial charge in [-0.3, -0.25) is 0 Å². The van der Waals surface area contributed by atoms with Crippen molar-refractivity contribution in [1.82, 2.24) is 0 Å². The van der Waals surface area contributed by atoms with Gasteiger partial charge in [0.1, 0.15) is 0 Å². The van der Waals surface area contributed by atoms with Crippen LogP contribution in [0.25, 0.3) is 0 Å². The van der Waals surface area contributed by atoms with Gasteiger partial charge in [0.2, 0.25) is 0 Å². The molecule has 1 aromatic rings. The second-order valence-corrected chi connectivity index (χ2v) is 10.8. The first-order chi connectivity index (χ1) is 16.3. The molecule has 0 bridgehead atoms. The molecule has 0 atom stereocenters. The van der Waals surface area contributed by atoms with Crippen LogP contribution in [0.4, 0.5) is 0 Å². The molecule has 0 saturated heterocycles. The Morgan fingerprint density at radius 2 is 1.45 bits per heavy atom. The maximum absolute atomic E-state index is 8.59. The zero-order valence-corrected chi connectivity index (χ0v) is 21.2. The predicted molar refractivity (Wildman–Crippen MR) is 142 cm³/mol. The molecular weight excluding hydrogens is 398 g/mol. The number of rotatable bonds is 12. The molecule has 0 unspecified atom stereocenters. The average Bonchev–Trinajstić information content (AvgIpc) is 2.87. The summed E-state index contributed by atoms with van der Waals surface area (Å²) < 4.78 is 0. The van der Waals surface area contributed by atoms with Gasteiger partial charge in [-0.15, -0.1) is 0 Å². The van der Waals surface area contributed by atoms with Crippen LogP contribution in [0.1, 0.15) is 120 Å². The number of allylic oxidation sites excluding steroid dienone is 4. The average molecular weight is 446 g/mol. The highest BCUT2D eigenvalue weighted by Crippen LogP contribution is 2.38. The Kier molecular flexibility index (Phi) is 11.9. The molecule has 2 saturated carbocycles. The van der Waals surface area contributed by atoms with Crippen LogP contribution in [0.2, 0.25) is 0 Å². The Morgan fingerprint density at radius 3 is 2.09 bits per heavy atom. The fourth-order valence-corrected chi connectivity index (χ4v) is 5.99. The summed E-state index contributed by atoms with van der Waals surface area (Å²) in [5.41, 5.74) is 3.11. The summed E-state index contributed by atoms with van der Waals surface area (Å²) >= 11 is 0. The van der Waals surface area contributed by atoms with E-state index in [0.717, 1.165) is 30.1 Å². The monoisotopic (exact) mass is 445 g/mol. The molecule has 180 valence electrons. The standard InChI is InChI=1S/C32H47N/c1-2-3-4-5-7-10-28-18-22-31(23-19-28)32-24-20-30(21-25-32)17-16-29-14-12-27(13-15-29)11-8-6-9-26-33/h6,9,16-19,22-23,27,29-30,32H,2-5,7-8,10-15,20-21,24-25H2,1H3. The molecule has 0 amide bonds. The first-order valence-corrected chi connectivity index (χ1v) is 14.1. The van der Waals surface area contributed by atoms with E-state index < -0.39 is 0 Å². The minimum Gasteiger partial charge on any atom is -0.193 e. The number of hydrogen-bond acceptors (Lipinski definition) is 1. The number of aryl methyl sites for hydroxylation is 1. The van der Waals surface area contributed by atoms with Gasteiger partial charge in [-0.1, -0.05) is 75.1 Å². The van der Waals surface area contributed by atoms with Crippen LogP contribution in [0, 0.1) is 29.1 Å². The van der Waals surface area contributed by atoms with E-state index >= 15 is 0 Å². The van der Waals surface area contributed by atoms with Crippen molar-refractivity contribution in [2.75, 3.05) is 0 Å². The summed E-state index contributed by atoms with van der Waals surface area (Å²) in [6.07, 6.45) is 30.2. The van der Waals surface area contributed by atoms with Crippen LogP contribution in [0.15, 0.2) is 48.6 Å². The normalized spacial score (nSPS) is 26.1. The van der Waals surface area contributed by atoms with Gasteiger partial charge >= 0.3 is 0 Å². The van der Waals surface area contributed by atoms with E-state index in [1.807, 2.05) is 6.08 Å². The molecule has 0 N–H and O–H groups in total. The minimum atomic E-state index is 0.777. The third-order valence-electron chi connectivity index (χ3n) is 8.27. The molecule has 1 heteroatoms. The van der Waals surface area contributed by atoms with Crippen LogP contribution in [-0.2, 0) is 6.42 Å². The van der Waals surface area contributed by atoms with Crippen molar-refractivity contribution < 1.29 is 0 Å². The fourth-order valence-electron chi connectivity index (χ4n) is 5.99. The van der Waals surface area contributed by atoms with E-state index in [-0.39, 0.29) is 0 Å². The van der Waals surface area contributed by atoms with Gasteiger partial charge in [-0.25, -0.2) is 0 Å².